The first kappa shape index (κ1) is 16.4. The van der Waals surface area contributed by atoms with Gasteiger partial charge < -0.3 is 13.1 Å². The highest BCUT2D eigenvalue weighted by Crippen LogP contribution is 2.41. The van der Waals surface area contributed by atoms with E-state index in [0.29, 0.717) is 6.61 Å². The van der Waals surface area contributed by atoms with Crippen molar-refractivity contribution in [3.8, 4) is 0 Å². The average molecular weight is 374 g/mol. The van der Waals surface area contributed by atoms with Crippen molar-refractivity contribution in [3.05, 3.63) is 72.8 Å². The topological polar surface area (TPSA) is 35.5 Å². The maximum absolute atomic E-state index is 6.36. The molecular weight excluding hydrogens is 355 g/mol. The third kappa shape index (κ3) is 2.80. The van der Waals surface area contributed by atoms with Crippen molar-refractivity contribution in [2.45, 2.75) is 6.16 Å². The number of hydrogen-bond acceptors (Lipinski definition) is 3. The molecule has 0 unspecified atom stereocenters. The maximum atomic E-state index is 6.36. The quantitative estimate of drug-likeness (QED) is 0.334. The number of methoxy groups -OCH3 is 1. The van der Waals surface area contributed by atoms with Gasteiger partial charge in [-0.3, -0.25) is 0 Å². The normalized spacial score (nSPS) is 11.6. The Hall–Kier alpha value is -2.74. The van der Waals surface area contributed by atoms with Gasteiger partial charge in [0.25, 0.3) is 0 Å². The molecule has 0 radical (unpaired) electrons. The van der Waals surface area contributed by atoms with E-state index in [1.54, 1.807) is 7.11 Å². The Kier molecular flexibility index (Phi) is 4.12. The molecule has 0 atom stereocenters. The highest BCUT2D eigenvalue weighted by atomic mass is 31.1. The van der Waals surface area contributed by atoms with Crippen molar-refractivity contribution in [3.63, 3.8) is 0 Å². The summed E-state index contributed by atoms with van der Waals surface area (Å²) in [4.78, 5) is 0. The Morgan fingerprint density at radius 1 is 0.704 bits per heavy atom. The average Bonchev–Trinajstić information content (AvgIpc) is 2.88. The van der Waals surface area contributed by atoms with E-state index in [9.17, 15) is 0 Å². The molecule has 5 aromatic rings. The summed E-state index contributed by atoms with van der Waals surface area (Å²) in [6, 6.07) is 25.3. The van der Waals surface area contributed by atoms with Crippen LogP contribution < -0.4 is 0 Å². The van der Waals surface area contributed by atoms with Gasteiger partial charge >= 0.3 is 0 Å². The summed E-state index contributed by atoms with van der Waals surface area (Å²) in [6.07, 6.45) is 0.727. The molecule has 0 saturated heterocycles. The second-order valence-corrected chi connectivity index (χ2v) is 8.03. The lowest BCUT2D eigenvalue weighted by molar-refractivity contribution is 0.208. The van der Waals surface area contributed by atoms with Crippen molar-refractivity contribution in [2.75, 3.05) is 13.7 Å². The van der Waals surface area contributed by atoms with Crippen LogP contribution in [0.25, 0.3) is 43.5 Å². The Morgan fingerprint density at radius 2 is 1.22 bits per heavy atom. The SMILES string of the molecule is COCCp1oc2ccc3ccccc3c2c2c(ccc3ccccc32)o1. The summed E-state index contributed by atoms with van der Waals surface area (Å²) < 4.78 is 18.0. The van der Waals surface area contributed by atoms with Gasteiger partial charge in [-0.1, -0.05) is 60.7 Å². The first-order valence-electron chi connectivity index (χ1n) is 9.01. The third-order valence-electron chi connectivity index (χ3n) is 4.91. The van der Waals surface area contributed by atoms with E-state index in [4.69, 9.17) is 13.1 Å². The monoisotopic (exact) mass is 374 g/mol. The zero-order valence-electron chi connectivity index (χ0n) is 15.0. The van der Waals surface area contributed by atoms with Gasteiger partial charge in [0, 0.05) is 17.9 Å². The van der Waals surface area contributed by atoms with Crippen LogP contribution in [0.2, 0.25) is 0 Å². The van der Waals surface area contributed by atoms with E-state index in [0.717, 1.165) is 28.1 Å². The molecule has 0 amide bonds. The van der Waals surface area contributed by atoms with Crippen molar-refractivity contribution >= 4 is 51.5 Å². The zero-order chi connectivity index (χ0) is 18.2. The summed E-state index contributed by atoms with van der Waals surface area (Å²) in [7, 11) is 0.591. The molecule has 3 nitrogen and oxygen atoms in total. The predicted molar refractivity (Wildman–Crippen MR) is 113 cm³/mol. The van der Waals surface area contributed by atoms with Crippen molar-refractivity contribution in [1.82, 2.24) is 0 Å². The minimum Gasteiger partial charge on any atom is -0.419 e. The summed E-state index contributed by atoms with van der Waals surface area (Å²) in [6.45, 7) is 0.609. The number of benzene rings is 4. The molecule has 134 valence electrons. The number of rotatable bonds is 3. The summed E-state index contributed by atoms with van der Waals surface area (Å²) in [5.41, 5.74) is 1.76. The fourth-order valence-electron chi connectivity index (χ4n) is 3.67. The summed E-state index contributed by atoms with van der Waals surface area (Å²) >= 11 is 0. The largest absolute Gasteiger partial charge is 0.419 e. The second kappa shape index (κ2) is 6.77. The maximum Gasteiger partial charge on any atom is 0.218 e. The van der Waals surface area contributed by atoms with E-state index >= 15 is 0 Å². The van der Waals surface area contributed by atoms with Gasteiger partial charge in [-0.15, -0.1) is 0 Å². The third-order valence-corrected chi connectivity index (χ3v) is 6.26. The van der Waals surface area contributed by atoms with E-state index in [2.05, 4.69) is 72.8 Å². The minimum absolute atomic E-state index is 0.609. The number of fused-ring (bicyclic) bond motifs is 7. The lowest BCUT2D eigenvalue weighted by Crippen LogP contribution is -1.85. The van der Waals surface area contributed by atoms with E-state index in [1.165, 1.54) is 21.5 Å². The zero-order valence-corrected chi connectivity index (χ0v) is 15.9. The van der Waals surface area contributed by atoms with Crippen LogP contribution in [0.3, 0.4) is 0 Å². The minimum atomic E-state index is -1.11. The molecule has 0 N–H and O–H groups in total. The lowest BCUT2D eigenvalue weighted by Gasteiger charge is -2.05. The highest BCUT2D eigenvalue weighted by molar-refractivity contribution is 7.36. The van der Waals surface area contributed by atoms with Crippen LogP contribution in [0, 0.1) is 0 Å². The fraction of sp³-hybridized carbons (Fsp3) is 0.130. The molecule has 0 aliphatic carbocycles. The summed E-state index contributed by atoms with van der Waals surface area (Å²) in [5, 5.41) is 6.98. The van der Waals surface area contributed by atoms with E-state index in [-0.39, 0.29) is 0 Å². The van der Waals surface area contributed by atoms with Crippen molar-refractivity contribution < 1.29 is 13.1 Å². The molecule has 4 aromatic carbocycles. The molecule has 0 aliphatic rings. The van der Waals surface area contributed by atoms with Crippen LogP contribution >= 0.6 is 8.01 Å². The van der Waals surface area contributed by atoms with Crippen molar-refractivity contribution in [2.24, 2.45) is 0 Å². The molecule has 1 aromatic heterocycles. The Labute approximate surface area is 157 Å². The molecule has 1 heterocycles. The standard InChI is InChI=1S/C23H19O3P/c1-24-14-15-27-25-20-12-10-16-6-2-4-8-18(16)22(20)23-19-9-5-3-7-17(19)11-13-21(23)26-27/h2-13H,14-15H2,1H3. The Bertz CT molecular complexity index is 1220. The Balaban J connectivity index is 2.06. The van der Waals surface area contributed by atoms with Crippen molar-refractivity contribution in [1.29, 1.82) is 0 Å². The van der Waals surface area contributed by atoms with Gasteiger partial charge in [0.15, 0.2) is 0 Å². The van der Waals surface area contributed by atoms with Gasteiger partial charge in [0.1, 0.15) is 11.2 Å². The lowest BCUT2D eigenvalue weighted by atomic mass is 9.99. The molecule has 0 spiro atoms. The van der Waals surface area contributed by atoms with Crippen LogP contribution in [-0.4, -0.2) is 13.7 Å². The van der Waals surface area contributed by atoms with Crippen LogP contribution in [0.5, 0.6) is 0 Å². The van der Waals surface area contributed by atoms with Gasteiger partial charge in [0.2, 0.25) is 8.01 Å². The number of ether oxygens (including phenoxy) is 1. The van der Waals surface area contributed by atoms with E-state index in [1.807, 2.05) is 0 Å². The number of hydrogen-bond donors (Lipinski definition) is 0. The van der Waals surface area contributed by atoms with E-state index < -0.39 is 8.01 Å². The van der Waals surface area contributed by atoms with Gasteiger partial charge in [-0.05, 0) is 33.7 Å². The van der Waals surface area contributed by atoms with Gasteiger partial charge in [-0.2, -0.15) is 0 Å². The van der Waals surface area contributed by atoms with Crippen LogP contribution in [0.1, 0.15) is 0 Å². The molecule has 0 saturated carbocycles. The highest BCUT2D eigenvalue weighted by Gasteiger charge is 2.12. The Morgan fingerprint density at radius 3 is 1.74 bits per heavy atom. The van der Waals surface area contributed by atoms with Crippen LogP contribution in [0.4, 0.5) is 0 Å². The first-order valence-corrected chi connectivity index (χ1v) is 10.4. The fourth-order valence-corrected chi connectivity index (χ4v) is 4.96. The molecule has 5 rings (SSSR count). The molecule has 0 aliphatic heterocycles. The summed E-state index contributed by atoms with van der Waals surface area (Å²) in [5.74, 6) is 0. The second-order valence-electron chi connectivity index (χ2n) is 6.55. The molecule has 27 heavy (non-hydrogen) atoms. The predicted octanol–water partition coefficient (Wildman–Crippen LogP) is 7.24. The van der Waals surface area contributed by atoms with Crippen LogP contribution in [-0.2, 0) is 10.9 Å². The van der Waals surface area contributed by atoms with Gasteiger partial charge in [0.05, 0.1) is 12.8 Å². The molecule has 4 heteroatoms. The van der Waals surface area contributed by atoms with Crippen LogP contribution in [0.15, 0.2) is 81.2 Å². The molecular formula is C23H19O3P. The van der Waals surface area contributed by atoms with Gasteiger partial charge in [-0.25, -0.2) is 0 Å². The first-order chi connectivity index (χ1) is 13.3. The smallest absolute Gasteiger partial charge is 0.218 e. The molecule has 0 bridgehead atoms. The molecule has 0 fully saturated rings.